The molecule has 35 heavy (non-hydrogen) atoms. The van der Waals surface area contributed by atoms with Crippen molar-refractivity contribution in [2.24, 2.45) is 5.10 Å². The van der Waals surface area contributed by atoms with Gasteiger partial charge < -0.3 is 10.1 Å². The van der Waals surface area contributed by atoms with E-state index in [0.717, 1.165) is 11.3 Å². The number of esters is 1. The molecular formula is C25H24FN5O4. The smallest absolute Gasteiger partial charge is 0.306 e. The average Bonchev–Trinajstić information content (AvgIpc) is 3.49. The van der Waals surface area contributed by atoms with Crippen molar-refractivity contribution < 1.29 is 23.5 Å². The second kappa shape index (κ2) is 10.7. The normalized spacial score (nSPS) is 12.9. The Morgan fingerprint density at radius 1 is 1.06 bits per heavy atom. The average molecular weight is 477 g/mol. The number of hydrogen-bond donors (Lipinski definition) is 1. The van der Waals surface area contributed by atoms with Gasteiger partial charge in [-0.25, -0.2) is 14.1 Å². The van der Waals surface area contributed by atoms with Gasteiger partial charge in [0.25, 0.3) is 5.91 Å². The highest BCUT2D eigenvalue weighted by Crippen LogP contribution is 2.18. The monoisotopic (exact) mass is 477 g/mol. The van der Waals surface area contributed by atoms with E-state index in [0.29, 0.717) is 30.2 Å². The lowest BCUT2D eigenvalue weighted by Gasteiger charge is -2.11. The largest absolute Gasteiger partial charge is 0.456 e. The number of nitrogens with one attached hydrogen (secondary N) is 1. The number of ether oxygens (including phenoxy) is 1. The number of aromatic nitrogens is 2. The Morgan fingerprint density at radius 3 is 2.54 bits per heavy atom. The van der Waals surface area contributed by atoms with Crippen molar-refractivity contribution >= 4 is 29.3 Å². The molecule has 10 heteroatoms. The molecule has 0 atom stereocenters. The molecule has 0 bridgehead atoms. The SMILES string of the molecule is Cc1cc(NC(=O)COC(=O)CCC(=O)N2CCC(c3ccccc3)=N2)n(-c2ccc(F)cc2)n1. The predicted octanol–water partition coefficient (Wildman–Crippen LogP) is 3.22. The fourth-order valence-corrected chi connectivity index (χ4v) is 3.57. The zero-order valence-electron chi connectivity index (χ0n) is 19.1. The van der Waals surface area contributed by atoms with Crippen molar-refractivity contribution in [2.75, 3.05) is 18.5 Å². The van der Waals surface area contributed by atoms with Crippen molar-refractivity contribution in [3.8, 4) is 5.69 Å². The third-order valence-corrected chi connectivity index (χ3v) is 5.27. The van der Waals surface area contributed by atoms with Crippen molar-refractivity contribution in [3.63, 3.8) is 0 Å². The van der Waals surface area contributed by atoms with Crippen molar-refractivity contribution in [3.05, 3.63) is 77.7 Å². The quantitative estimate of drug-likeness (QED) is 0.502. The van der Waals surface area contributed by atoms with Crippen LogP contribution in [0.25, 0.3) is 5.69 Å². The van der Waals surface area contributed by atoms with E-state index in [2.05, 4.69) is 15.5 Å². The minimum atomic E-state index is -0.664. The number of halogens is 1. The van der Waals surface area contributed by atoms with Crippen LogP contribution in [-0.4, -0.2) is 51.4 Å². The first-order chi connectivity index (χ1) is 16.9. The van der Waals surface area contributed by atoms with Crippen LogP contribution in [0.2, 0.25) is 0 Å². The van der Waals surface area contributed by atoms with E-state index < -0.39 is 18.5 Å². The van der Waals surface area contributed by atoms with Gasteiger partial charge in [-0.15, -0.1) is 0 Å². The molecule has 0 saturated carbocycles. The summed E-state index contributed by atoms with van der Waals surface area (Å²) in [7, 11) is 0. The zero-order chi connectivity index (χ0) is 24.8. The molecule has 180 valence electrons. The first-order valence-corrected chi connectivity index (χ1v) is 11.1. The fraction of sp³-hybridized carbons (Fsp3) is 0.240. The van der Waals surface area contributed by atoms with Gasteiger partial charge in [0, 0.05) is 18.9 Å². The lowest BCUT2D eigenvalue weighted by molar-refractivity contribution is -0.148. The Bertz CT molecular complexity index is 1250. The molecule has 1 aliphatic heterocycles. The Hall–Kier alpha value is -4.34. The maximum Gasteiger partial charge on any atom is 0.306 e. The highest BCUT2D eigenvalue weighted by atomic mass is 19.1. The molecule has 4 rings (SSSR count). The summed E-state index contributed by atoms with van der Waals surface area (Å²) in [6, 6.07) is 16.9. The van der Waals surface area contributed by atoms with Crippen molar-refractivity contribution in [2.45, 2.75) is 26.2 Å². The molecule has 0 unspecified atom stereocenters. The van der Waals surface area contributed by atoms with Crippen molar-refractivity contribution in [1.29, 1.82) is 0 Å². The zero-order valence-corrected chi connectivity index (χ0v) is 19.1. The Labute approximate surface area is 201 Å². The van der Waals surface area contributed by atoms with Crippen LogP contribution in [0.3, 0.4) is 0 Å². The minimum absolute atomic E-state index is 0.0669. The first kappa shape index (κ1) is 23.8. The van der Waals surface area contributed by atoms with Crippen LogP contribution >= 0.6 is 0 Å². The van der Waals surface area contributed by atoms with Crippen LogP contribution in [0.15, 0.2) is 65.8 Å². The van der Waals surface area contributed by atoms with Crippen LogP contribution in [0.5, 0.6) is 0 Å². The predicted molar refractivity (Wildman–Crippen MR) is 126 cm³/mol. The number of amides is 2. The first-order valence-electron chi connectivity index (χ1n) is 11.1. The molecule has 2 heterocycles. The van der Waals surface area contributed by atoms with E-state index in [-0.39, 0.29) is 24.6 Å². The lowest BCUT2D eigenvalue weighted by atomic mass is 10.1. The fourth-order valence-electron chi connectivity index (χ4n) is 3.57. The molecule has 0 radical (unpaired) electrons. The van der Waals surface area contributed by atoms with E-state index in [1.807, 2.05) is 30.3 Å². The molecule has 3 aromatic rings. The Kier molecular flexibility index (Phi) is 7.30. The van der Waals surface area contributed by atoms with Gasteiger partial charge in [0.05, 0.1) is 30.1 Å². The highest BCUT2D eigenvalue weighted by Gasteiger charge is 2.22. The number of rotatable bonds is 8. The van der Waals surface area contributed by atoms with Gasteiger partial charge in [-0.2, -0.15) is 10.2 Å². The summed E-state index contributed by atoms with van der Waals surface area (Å²) in [5, 5.41) is 12.6. The van der Waals surface area contributed by atoms with E-state index in [4.69, 9.17) is 4.74 Å². The molecule has 0 saturated heterocycles. The minimum Gasteiger partial charge on any atom is -0.456 e. The topological polar surface area (TPSA) is 106 Å². The molecule has 1 aromatic heterocycles. The van der Waals surface area contributed by atoms with Gasteiger partial charge in [0.15, 0.2) is 6.61 Å². The van der Waals surface area contributed by atoms with Gasteiger partial charge in [-0.1, -0.05) is 30.3 Å². The standard InChI is InChI=1S/C25H24FN5O4/c1-17-15-22(31(28-17)20-9-7-19(26)8-10-20)27-23(32)16-35-25(34)12-11-24(33)30-14-13-21(29-30)18-5-3-2-4-6-18/h2-10,15H,11-14,16H2,1H3,(H,27,32). The molecule has 9 nitrogen and oxygen atoms in total. The van der Waals surface area contributed by atoms with Crippen LogP contribution in [0.1, 0.15) is 30.5 Å². The number of carbonyl (C=O) groups is 3. The molecule has 0 spiro atoms. The molecule has 1 aliphatic rings. The Balaban J connectivity index is 1.24. The molecule has 0 aliphatic carbocycles. The summed E-state index contributed by atoms with van der Waals surface area (Å²) in [6.07, 6.45) is 0.419. The second-order valence-electron chi connectivity index (χ2n) is 7.95. The van der Waals surface area contributed by atoms with Crippen LogP contribution in [-0.2, 0) is 19.1 Å². The third-order valence-electron chi connectivity index (χ3n) is 5.27. The summed E-state index contributed by atoms with van der Waals surface area (Å²) in [5.74, 6) is -1.54. The summed E-state index contributed by atoms with van der Waals surface area (Å²) in [5.41, 5.74) is 2.99. The highest BCUT2D eigenvalue weighted by molar-refractivity contribution is 6.02. The maximum absolute atomic E-state index is 13.2. The molecule has 2 amide bonds. The molecule has 1 N–H and O–H groups in total. The van der Waals surface area contributed by atoms with Crippen LogP contribution in [0.4, 0.5) is 10.2 Å². The number of hydrazone groups is 1. The molecule has 2 aromatic carbocycles. The van der Waals surface area contributed by atoms with Gasteiger partial charge in [0.1, 0.15) is 11.6 Å². The van der Waals surface area contributed by atoms with Gasteiger partial charge in [0.2, 0.25) is 5.91 Å². The third kappa shape index (κ3) is 6.17. The molecule has 0 fully saturated rings. The number of carbonyl (C=O) groups excluding carboxylic acids is 3. The van der Waals surface area contributed by atoms with E-state index in [9.17, 15) is 18.8 Å². The van der Waals surface area contributed by atoms with Crippen LogP contribution < -0.4 is 5.32 Å². The number of aryl methyl sites for hydroxylation is 1. The summed E-state index contributed by atoms with van der Waals surface area (Å²) in [6.45, 7) is 1.70. The molecular weight excluding hydrogens is 453 g/mol. The van der Waals surface area contributed by atoms with Crippen LogP contribution in [0, 0.1) is 12.7 Å². The second-order valence-corrected chi connectivity index (χ2v) is 7.95. The maximum atomic E-state index is 13.2. The van der Waals surface area contributed by atoms with Gasteiger partial charge >= 0.3 is 5.97 Å². The number of anilines is 1. The summed E-state index contributed by atoms with van der Waals surface area (Å²) >= 11 is 0. The number of hydrogen-bond acceptors (Lipinski definition) is 6. The summed E-state index contributed by atoms with van der Waals surface area (Å²) < 4.78 is 19.7. The summed E-state index contributed by atoms with van der Waals surface area (Å²) in [4.78, 5) is 36.8. The Morgan fingerprint density at radius 2 is 1.80 bits per heavy atom. The number of nitrogens with zero attached hydrogens (tertiary/aromatic N) is 4. The van der Waals surface area contributed by atoms with Gasteiger partial charge in [-0.05, 0) is 36.8 Å². The lowest BCUT2D eigenvalue weighted by Crippen LogP contribution is -2.25. The van der Waals surface area contributed by atoms with E-state index in [1.54, 1.807) is 13.0 Å². The van der Waals surface area contributed by atoms with Gasteiger partial charge in [-0.3, -0.25) is 14.4 Å². The number of benzene rings is 2. The van der Waals surface area contributed by atoms with E-state index >= 15 is 0 Å². The van der Waals surface area contributed by atoms with Crippen molar-refractivity contribution in [1.82, 2.24) is 14.8 Å². The van der Waals surface area contributed by atoms with E-state index in [1.165, 1.54) is 34.0 Å².